The van der Waals surface area contributed by atoms with Crippen LogP contribution >= 0.6 is 24.0 Å². The van der Waals surface area contributed by atoms with Crippen LogP contribution in [-0.2, 0) is 0 Å². The van der Waals surface area contributed by atoms with E-state index in [4.69, 9.17) is 9.47 Å². The molecule has 0 aliphatic rings. The van der Waals surface area contributed by atoms with Crippen LogP contribution in [0.3, 0.4) is 0 Å². The predicted octanol–water partition coefficient (Wildman–Crippen LogP) is 4.13. The van der Waals surface area contributed by atoms with Crippen molar-refractivity contribution in [3.05, 3.63) is 59.2 Å². The van der Waals surface area contributed by atoms with Crippen LogP contribution < -0.4 is 20.1 Å². The molecule has 0 fully saturated rings. The molecule has 0 amide bonds. The summed E-state index contributed by atoms with van der Waals surface area (Å²) < 4.78 is 39.3. The summed E-state index contributed by atoms with van der Waals surface area (Å²) in [4.78, 5) is 6.00. The van der Waals surface area contributed by atoms with Gasteiger partial charge in [-0.2, -0.15) is 0 Å². The van der Waals surface area contributed by atoms with Gasteiger partial charge in [0.25, 0.3) is 0 Å². The van der Waals surface area contributed by atoms with Crippen molar-refractivity contribution in [2.24, 2.45) is 4.99 Å². The van der Waals surface area contributed by atoms with Crippen LogP contribution in [0, 0.1) is 11.6 Å². The molecule has 2 aromatic carbocycles. The number of benzene rings is 2. The Bertz CT molecular complexity index is 860. The molecule has 2 N–H and O–H groups in total. The molecule has 2 atom stereocenters. The first-order valence-electron chi connectivity index (χ1n) is 9.61. The fourth-order valence-electron chi connectivity index (χ4n) is 3.22. The fourth-order valence-corrected chi connectivity index (χ4v) is 3.22. The standard InChI is InChI=1S/C22H30F2N4O2.HI/c1-14(16-12-15(29-5)10-11-20(16)30-6)27-22(25-2)26-13-19(28(3)4)21-17(23)8-7-9-18(21)24;/h7-12,14,19H,13H2,1-6H3,(H2,25,26,27);1H. The highest BCUT2D eigenvalue weighted by atomic mass is 127. The monoisotopic (exact) mass is 548 g/mol. The zero-order valence-electron chi connectivity index (χ0n) is 18.7. The Labute approximate surface area is 200 Å². The summed E-state index contributed by atoms with van der Waals surface area (Å²) in [5.74, 6) is 0.771. The number of nitrogens with one attached hydrogen (secondary N) is 2. The number of halogens is 3. The summed E-state index contributed by atoms with van der Waals surface area (Å²) in [5, 5.41) is 6.44. The second-order valence-electron chi connectivity index (χ2n) is 7.04. The van der Waals surface area contributed by atoms with E-state index in [0.29, 0.717) is 17.5 Å². The Hall–Kier alpha value is -2.14. The minimum atomic E-state index is -0.576. The zero-order valence-corrected chi connectivity index (χ0v) is 21.0. The highest BCUT2D eigenvalue weighted by Gasteiger charge is 2.23. The van der Waals surface area contributed by atoms with E-state index in [1.165, 1.54) is 18.2 Å². The van der Waals surface area contributed by atoms with Crippen molar-refractivity contribution in [1.29, 1.82) is 0 Å². The minimum absolute atomic E-state index is 0. The largest absolute Gasteiger partial charge is 0.497 e. The molecule has 2 unspecified atom stereocenters. The van der Waals surface area contributed by atoms with E-state index >= 15 is 0 Å². The molecule has 0 aliphatic heterocycles. The van der Waals surface area contributed by atoms with Crippen LogP contribution in [-0.4, -0.2) is 52.8 Å². The maximum atomic E-state index is 14.3. The third kappa shape index (κ3) is 6.93. The van der Waals surface area contributed by atoms with Crippen molar-refractivity contribution >= 4 is 29.9 Å². The molecule has 9 heteroatoms. The Morgan fingerprint density at radius 1 is 1.10 bits per heavy atom. The van der Waals surface area contributed by atoms with Gasteiger partial charge in [0.05, 0.1) is 26.3 Å². The average molecular weight is 548 g/mol. The summed E-state index contributed by atoms with van der Waals surface area (Å²) in [7, 11) is 8.40. The number of hydrogen-bond donors (Lipinski definition) is 2. The van der Waals surface area contributed by atoms with Crippen LogP contribution in [0.1, 0.15) is 30.1 Å². The van der Waals surface area contributed by atoms with E-state index in [-0.39, 0.29) is 42.1 Å². The SMILES string of the molecule is CN=C(NCC(c1c(F)cccc1F)N(C)C)NC(C)c1cc(OC)ccc1OC.I. The lowest BCUT2D eigenvalue weighted by Crippen LogP contribution is -2.43. The Morgan fingerprint density at radius 2 is 1.74 bits per heavy atom. The summed E-state index contributed by atoms with van der Waals surface area (Å²) in [6.45, 7) is 2.22. The maximum Gasteiger partial charge on any atom is 0.191 e. The smallest absolute Gasteiger partial charge is 0.191 e. The number of aliphatic imine (C=N–C) groups is 1. The molecular weight excluding hydrogens is 517 g/mol. The molecule has 2 aromatic rings. The second kappa shape index (κ2) is 12.7. The van der Waals surface area contributed by atoms with E-state index in [1.54, 1.807) is 40.3 Å². The molecule has 0 radical (unpaired) electrons. The van der Waals surface area contributed by atoms with Crippen LogP contribution in [0.2, 0.25) is 0 Å². The molecule has 0 saturated heterocycles. The van der Waals surface area contributed by atoms with Gasteiger partial charge in [0.1, 0.15) is 23.1 Å². The summed E-state index contributed by atoms with van der Waals surface area (Å²) in [6.07, 6.45) is 0. The van der Waals surface area contributed by atoms with E-state index in [0.717, 1.165) is 5.56 Å². The van der Waals surface area contributed by atoms with Gasteiger partial charge < -0.3 is 25.0 Å². The predicted molar refractivity (Wildman–Crippen MR) is 131 cm³/mol. The Morgan fingerprint density at radius 3 is 2.26 bits per heavy atom. The van der Waals surface area contributed by atoms with Gasteiger partial charge in [0.2, 0.25) is 0 Å². The number of hydrogen-bond acceptors (Lipinski definition) is 4. The quantitative estimate of drug-likeness (QED) is 0.295. The first kappa shape index (κ1) is 26.9. The van der Waals surface area contributed by atoms with Crippen molar-refractivity contribution in [3.63, 3.8) is 0 Å². The van der Waals surface area contributed by atoms with Crippen molar-refractivity contribution < 1.29 is 18.3 Å². The van der Waals surface area contributed by atoms with Crippen molar-refractivity contribution in [1.82, 2.24) is 15.5 Å². The van der Waals surface area contributed by atoms with Crippen LogP contribution in [0.15, 0.2) is 41.4 Å². The van der Waals surface area contributed by atoms with Gasteiger partial charge in [-0.05, 0) is 51.4 Å². The lowest BCUT2D eigenvalue weighted by molar-refractivity contribution is 0.282. The molecule has 0 aromatic heterocycles. The third-order valence-corrected chi connectivity index (χ3v) is 4.90. The van der Waals surface area contributed by atoms with Crippen molar-refractivity contribution in [2.75, 3.05) is 41.9 Å². The number of rotatable bonds is 8. The van der Waals surface area contributed by atoms with E-state index in [2.05, 4.69) is 15.6 Å². The first-order valence-corrected chi connectivity index (χ1v) is 9.61. The highest BCUT2D eigenvalue weighted by Crippen LogP contribution is 2.29. The van der Waals surface area contributed by atoms with E-state index in [1.807, 2.05) is 25.1 Å². The normalized spacial score (nSPS) is 13.3. The molecular formula is C22H31F2IN4O2. The van der Waals surface area contributed by atoms with Gasteiger partial charge >= 0.3 is 0 Å². The Balaban J connectivity index is 0.00000480. The summed E-state index contributed by atoms with van der Waals surface area (Å²) >= 11 is 0. The average Bonchev–Trinajstić information content (AvgIpc) is 2.73. The molecule has 0 bridgehead atoms. The maximum absolute atomic E-state index is 14.3. The van der Waals surface area contributed by atoms with E-state index in [9.17, 15) is 8.78 Å². The molecule has 0 heterocycles. The summed E-state index contributed by atoms with van der Waals surface area (Å²) in [6, 6.07) is 8.76. The number of methoxy groups -OCH3 is 2. The number of ether oxygens (including phenoxy) is 2. The van der Waals surface area contributed by atoms with Crippen LogP contribution in [0.25, 0.3) is 0 Å². The summed E-state index contributed by atoms with van der Waals surface area (Å²) in [5.41, 5.74) is 0.914. The number of likely N-dealkylation sites (N-methyl/N-ethyl adjacent to an activating group) is 1. The molecule has 31 heavy (non-hydrogen) atoms. The van der Waals surface area contributed by atoms with Gasteiger partial charge in [0, 0.05) is 24.7 Å². The Kier molecular flexibility index (Phi) is 11.0. The molecule has 0 spiro atoms. The number of guanidine groups is 1. The minimum Gasteiger partial charge on any atom is -0.497 e. The molecule has 0 aliphatic carbocycles. The van der Waals surface area contributed by atoms with Gasteiger partial charge in [-0.25, -0.2) is 8.78 Å². The van der Waals surface area contributed by atoms with Gasteiger partial charge in [0.15, 0.2) is 5.96 Å². The molecule has 6 nitrogen and oxygen atoms in total. The van der Waals surface area contributed by atoms with Crippen LogP contribution in [0.5, 0.6) is 11.5 Å². The molecule has 0 saturated carbocycles. The number of nitrogens with zero attached hydrogens (tertiary/aromatic N) is 2. The fraction of sp³-hybridized carbons (Fsp3) is 0.409. The third-order valence-electron chi connectivity index (χ3n) is 4.90. The van der Waals surface area contributed by atoms with Gasteiger partial charge in [-0.3, -0.25) is 4.99 Å². The van der Waals surface area contributed by atoms with Crippen molar-refractivity contribution in [2.45, 2.75) is 19.0 Å². The topological polar surface area (TPSA) is 58.1 Å². The lowest BCUT2D eigenvalue weighted by Gasteiger charge is -2.27. The zero-order chi connectivity index (χ0) is 22.3. The first-order chi connectivity index (χ1) is 14.3. The highest BCUT2D eigenvalue weighted by molar-refractivity contribution is 14.0. The second-order valence-corrected chi connectivity index (χ2v) is 7.04. The van der Waals surface area contributed by atoms with Gasteiger partial charge in [-0.15, -0.1) is 24.0 Å². The van der Waals surface area contributed by atoms with E-state index < -0.39 is 17.7 Å². The van der Waals surface area contributed by atoms with Crippen LogP contribution in [0.4, 0.5) is 8.78 Å². The lowest BCUT2D eigenvalue weighted by atomic mass is 10.0. The molecule has 2 rings (SSSR count). The van der Waals surface area contributed by atoms with Gasteiger partial charge in [-0.1, -0.05) is 6.07 Å². The molecule has 172 valence electrons. The van der Waals surface area contributed by atoms with Crippen molar-refractivity contribution in [3.8, 4) is 11.5 Å².